The highest BCUT2D eigenvalue weighted by molar-refractivity contribution is 6.15. The lowest BCUT2D eigenvalue weighted by Crippen LogP contribution is -2.36. The van der Waals surface area contributed by atoms with Gasteiger partial charge < -0.3 is 10.2 Å². The molecule has 1 aromatic heterocycles. The molecule has 5 rings (SSSR count). The number of carbonyl (C=O) groups is 2. The van der Waals surface area contributed by atoms with Crippen LogP contribution in [-0.4, -0.2) is 23.3 Å². The van der Waals surface area contributed by atoms with E-state index in [1.54, 1.807) is 6.20 Å². The van der Waals surface area contributed by atoms with E-state index >= 15 is 0 Å². The van der Waals surface area contributed by atoms with Gasteiger partial charge in [-0.25, -0.2) is 0 Å². The lowest BCUT2D eigenvalue weighted by Gasteiger charge is -2.17. The largest absolute Gasteiger partial charge is 0.324 e. The van der Waals surface area contributed by atoms with Crippen molar-refractivity contribution in [2.75, 3.05) is 16.8 Å². The molecule has 5 nitrogen and oxygen atoms in total. The summed E-state index contributed by atoms with van der Waals surface area (Å²) in [6.45, 7) is 2.69. The molecule has 2 aromatic rings. The van der Waals surface area contributed by atoms with Crippen LogP contribution < -0.4 is 10.2 Å². The van der Waals surface area contributed by atoms with Gasteiger partial charge in [-0.05, 0) is 55.9 Å². The number of amides is 2. The number of aryl methyl sites for hydroxylation is 1. The Morgan fingerprint density at radius 2 is 2.08 bits per heavy atom. The number of benzene rings is 1. The average Bonchev–Trinajstić information content (AvgIpc) is 3.55. The maximum Gasteiger partial charge on any atom is 0.238 e. The number of para-hydroxylation sites is 1. The number of rotatable bonds is 4. The number of nitrogens with zero attached hydrogens (tertiary/aromatic N) is 2. The average molecular weight is 347 g/mol. The highest BCUT2D eigenvalue weighted by atomic mass is 16.2. The Morgan fingerprint density at radius 3 is 2.81 bits per heavy atom. The Morgan fingerprint density at radius 1 is 1.27 bits per heavy atom. The summed E-state index contributed by atoms with van der Waals surface area (Å²) >= 11 is 0. The highest BCUT2D eigenvalue weighted by Crippen LogP contribution is 2.62. The summed E-state index contributed by atoms with van der Waals surface area (Å²) in [6, 6.07) is 11.7. The normalized spacial score (nSPS) is 26.1. The number of aromatic nitrogens is 1. The molecule has 2 fully saturated rings. The molecule has 0 radical (unpaired) electrons. The molecule has 1 aliphatic heterocycles. The smallest absolute Gasteiger partial charge is 0.238 e. The first-order valence-corrected chi connectivity index (χ1v) is 9.24. The standard InChI is InChI=1S/C21H21N3O2/c1-13-6-9-15(11-22-13)23-19(25)17-10-21(17)16-4-2-3-5-18(16)24(20(21)26)12-14-7-8-14/h2-6,9,11,14,17H,7-8,10,12H2,1H3,(H,23,25). The minimum atomic E-state index is -0.659. The molecule has 1 aromatic carbocycles. The third-order valence-electron chi connectivity index (χ3n) is 5.90. The van der Waals surface area contributed by atoms with Crippen LogP contribution >= 0.6 is 0 Å². The number of hydrogen-bond acceptors (Lipinski definition) is 3. The summed E-state index contributed by atoms with van der Waals surface area (Å²) in [7, 11) is 0. The molecule has 132 valence electrons. The highest BCUT2D eigenvalue weighted by Gasteiger charge is 2.69. The van der Waals surface area contributed by atoms with Crippen molar-refractivity contribution >= 4 is 23.2 Å². The van der Waals surface area contributed by atoms with E-state index < -0.39 is 5.41 Å². The number of nitrogens with one attached hydrogen (secondary N) is 1. The van der Waals surface area contributed by atoms with Crippen LogP contribution in [0, 0.1) is 18.8 Å². The van der Waals surface area contributed by atoms with Gasteiger partial charge in [0.1, 0.15) is 0 Å². The van der Waals surface area contributed by atoms with Crippen molar-refractivity contribution in [1.29, 1.82) is 0 Å². The van der Waals surface area contributed by atoms with Gasteiger partial charge in [-0.15, -0.1) is 0 Å². The van der Waals surface area contributed by atoms with Gasteiger partial charge in [-0.1, -0.05) is 18.2 Å². The minimum absolute atomic E-state index is 0.0907. The molecule has 2 atom stereocenters. The number of fused-ring (bicyclic) bond motifs is 2. The van der Waals surface area contributed by atoms with Gasteiger partial charge in [0.05, 0.1) is 23.2 Å². The van der Waals surface area contributed by atoms with Crippen molar-refractivity contribution in [2.45, 2.75) is 31.6 Å². The molecule has 26 heavy (non-hydrogen) atoms. The maximum atomic E-state index is 13.3. The Bertz CT molecular complexity index is 904. The van der Waals surface area contributed by atoms with Gasteiger partial charge >= 0.3 is 0 Å². The van der Waals surface area contributed by atoms with Crippen molar-refractivity contribution in [1.82, 2.24) is 4.98 Å². The summed E-state index contributed by atoms with van der Waals surface area (Å²) in [4.78, 5) is 32.2. The van der Waals surface area contributed by atoms with Crippen LogP contribution in [0.2, 0.25) is 0 Å². The Kier molecular flexibility index (Phi) is 3.23. The van der Waals surface area contributed by atoms with Gasteiger partial charge in [0.2, 0.25) is 11.8 Å². The minimum Gasteiger partial charge on any atom is -0.324 e. The second-order valence-electron chi connectivity index (χ2n) is 7.78. The van der Waals surface area contributed by atoms with Gasteiger partial charge in [-0.2, -0.15) is 0 Å². The van der Waals surface area contributed by atoms with Crippen LogP contribution in [0.25, 0.3) is 0 Å². The van der Waals surface area contributed by atoms with E-state index in [4.69, 9.17) is 0 Å². The van der Waals surface area contributed by atoms with Crippen molar-refractivity contribution in [3.63, 3.8) is 0 Å². The van der Waals surface area contributed by atoms with Crippen molar-refractivity contribution in [3.8, 4) is 0 Å². The van der Waals surface area contributed by atoms with Crippen molar-refractivity contribution in [2.24, 2.45) is 11.8 Å². The molecule has 5 heteroatoms. The molecule has 2 amide bonds. The Hall–Kier alpha value is -2.69. The number of hydrogen-bond donors (Lipinski definition) is 1. The van der Waals surface area contributed by atoms with Crippen LogP contribution in [0.1, 0.15) is 30.5 Å². The molecule has 0 saturated heterocycles. The summed E-state index contributed by atoms with van der Waals surface area (Å²) in [6.07, 6.45) is 4.65. The monoisotopic (exact) mass is 347 g/mol. The second kappa shape index (κ2) is 5.40. The van der Waals surface area contributed by atoms with E-state index in [1.165, 1.54) is 12.8 Å². The van der Waals surface area contributed by atoms with Crippen LogP contribution in [0.3, 0.4) is 0 Å². The zero-order chi connectivity index (χ0) is 17.9. The fourth-order valence-corrected chi connectivity index (χ4v) is 4.18. The zero-order valence-corrected chi connectivity index (χ0v) is 14.7. The fourth-order valence-electron chi connectivity index (χ4n) is 4.18. The molecule has 1 N–H and O–H groups in total. The maximum absolute atomic E-state index is 13.3. The van der Waals surface area contributed by atoms with E-state index in [-0.39, 0.29) is 17.7 Å². The molecule has 2 saturated carbocycles. The number of pyridine rings is 1. The van der Waals surface area contributed by atoms with Gasteiger partial charge in [0.25, 0.3) is 0 Å². The lowest BCUT2D eigenvalue weighted by molar-refractivity contribution is -0.124. The Balaban J connectivity index is 1.41. The molecule has 2 aliphatic carbocycles. The zero-order valence-electron chi connectivity index (χ0n) is 14.7. The van der Waals surface area contributed by atoms with Crippen LogP contribution in [-0.2, 0) is 15.0 Å². The first-order chi connectivity index (χ1) is 12.6. The molecular weight excluding hydrogens is 326 g/mol. The van der Waals surface area contributed by atoms with E-state index in [9.17, 15) is 9.59 Å². The Labute approximate surface area is 152 Å². The quantitative estimate of drug-likeness (QED) is 0.925. The summed E-state index contributed by atoms with van der Waals surface area (Å²) in [5, 5.41) is 2.93. The summed E-state index contributed by atoms with van der Waals surface area (Å²) < 4.78 is 0. The molecular formula is C21H21N3O2. The number of anilines is 2. The first kappa shape index (κ1) is 15.6. The fraction of sp³-hybridized carbons (Fsp3) is 0.381. The van der Waals surface area contributed by atoms with Gasteiger partial charge in [0, 0.05) is 17.9 Å². The third kappa shape index (κ3) is 2.26. The third-order valence-corrected chi connectivity index (χ3v) is 5.90. The van der Waals surface area contributed by atoms with Crippen molar-refractivity contribution < 1.29 is 9.59 Å². The van der Waals surface area contributed by atoms with E-state index in [2.05, 4.69) is 10.3 Å². The van der Waals surface area contributed by atoms with E-state index in [1.807, 2.05) is 48.2 Å². The van der Waals surface area contributed by atoms with Gasteiger partial charge in [0.15, 0.2) is 0 Å². The van der Waals surface area contributed by atoms with E-state index in [0.717, 1.165) is 23.5 Å². The SMILES string of the molecule is Cc1ccc(NC(=O)C2CC23C(=O)N(CC2CC2)c2ccccc23)cn1. The molecule has 2 unspecified atom stereocenters. The molecule has 3 aliphatic rings. The van der Waals surface area contributed by atoms with Gasteiger partial charge in [-0.3, -0.25) is 14.6 Å². The van der Waals surface area contributed by atoms with Crippen LogP contribution in [0.4, 0.5) is 11.4 Å². The van der Waals surface area contributed by atoms with Crippen LogP contribution in [0.5, 0.6) is 0 Å². The van der Waals surface area contributed by atoms with E-state index in [0.29, 0.717) is 18.0 Å². The molecule has 2 heterocycles. The first-order valence-electron chi connectivity index (χ1n) is 9.24. The van der Waals surface area contributed by atoms with Crippen LogP contribution in [0.15, 0.2) is 42.6 Å². The summed E-state index contributed by atoms with van der Waals surface area (Å²) in [5.41, 5.74) is 2.94. The summed E-state index contributed by atoms with van der Waals surface area (Å²) in [5.74, 6) is 0.327. The molecule has 0 bridgehead atoms. The number of carbonyl (C=O) groups excluding carboxylic acids is 2. The predicted octanol–water partition coefficient (Wildman–Crippen LogP) is 3.04. The molecule has 1 spiro atoms. The second-order valence-corrected chi connectivity index (χ2v) is 7.78. The van der Waals surface area contributed by atoms with Crippen molar-refractivity contribution in [3.05, 3.63) is 53.9 Å². The topological polar surface area (TPSA) is 62.3 Å². The lowest BCUT2D eigenvalue weighted by atomic mass is 9.94. The predicted molar refractivity (Wildman–Crippen MR) is 98.9 cm³/mol.